The number of piperazine rings is 1. The molecule has 6 heteroatoms. The third-order valence-corrected chi connectivity index (χ3v) is 4.28. The fraction of sp³-hybridized carbons (Fsp3) is 0.333. The van der Waals surface area contributed by atoms with E-state index in [1.54, 1.807) is 24.4 Å². The van der Waals surface area contributed by atoms with Crippen molar-refractivity contribution in [2.75, 3.05) is 42.9 Å². The first kappa shape index (κ1) is 16.4. The molecule has 0 saturated carbocycles. The van der Waals surface area contributed by atoms with Crippen LogP contribution in [0.2, 0.25) is 0 Å². The number of benzene rings is 1. The maximum Gasteiger partial charge on any atom is 0.274 e. The first-order chi connectivity index (χ1) is 11.7. The first-order valence-corrected chi connectivity index (χ1v) is 8.16. The largest absolute Gasteiger partial charge is 0.369 e. The van der Waals surface area contributed by atoms with Gasteiger partial charge in [0, 0.05) is 38.1 Å². The van der Waals surface area contributed by atoms with Crippen LogP contribution in [-0.4, -0.2) is 48.5 Å². The molecule has 1 aromatic carbocycles. The fourth-order valence-corrected chi connectivity index (χ4v) is 2.81. The summed E-state index contributed by atoms with van der Waals surface area (Å²) in [5.41, 5.74) is 1.42. The predicted octanol–water partition coefficient (Wildman–Crippen LogP) is 2.61. The van der Waals surface area contributed by atoms with Crippen molar-refractivity contribution < 1.29 is 9.18 Å². The van der Waals surface area contributed by atoms with Crippen LogP contribution in [0, 0.1) is 5.82 Å². The van der Waals surface area contributed by atoms with E-state index in [2.05, 4.69) is 27.0 Å². The fourth-order valence-electron chi connectivity index (χ4n) is 2.81. The number of carbonyl (C=O) groups excluding carboxylic acids is 1. The second-order valence-electron chi connectivity index (χ2n) is 5.75. The topological polar surface area (TPSA) is 48.5 Å². The number of pyridine rings is 1. The molecule has 1 aliphatic heterocycles. The Morgan fingerprint density at radius 3 is 2.67 bits per heavy atom. The second kappa shape index (κ2) is 7.40. The van der Waals surface area contributed by atoms with Gasteiger partial charge in [-0.15, -0.1) is 0 Å². The van der Waals surface area contributed by atoms with Crippen LogP contribution in [-0.2, 0) is 0 Å². The number of nitrogens with zero attached hydrogens (tertiary/aromatic N) is 3. The molecule has 1 aromatic heterocycles. The second-order valence-corrected chi connectivity index (χ2v) is 5.75. The van der Waals surface area contributed by atoms with E-state index >= 15 is 0 Å². The lowest BCUT2D eigenvalue weighted by molar-refractivity contribution is 0.102. The maximum atomic E-state index is 13.7. The van der Waals surface area contributed by atoms with Crippen LogP contribution in [0.4, 0.5) is 15.8 Å². The molecule has 24 heavy (non-hydrogen) atoms. The quantitative estimate of drug-likeness (QED) is 0.937. The molecule has 0 atom stereocenters. The van der Waals surface area contributed by atoms with E-state index in [1.165, 1.54) is 12.1 Å². The summed E-state index contributed by atoms with van der Waals surface area (Å²) in [5.74, 6) is -0.869. The number of rotatable bonds is 4. The number of nitrogens with one attached hydrogen (secondary N) is 1. The zero-order chi connectivity index (χ0) is 16.9. The summed E-state index contributed by atoms with van der Waals surface area (Å²) in [7, 11) is 0. The highest BCUT2D eigenvalue weighted by Crippen LogP contribution is 2.18. The Labute approximate surface area is 141 Å². The number of hydrogen-bond acceptors (Lipinski definition) is 4. The minimum atomic E-state index is -0.460. The Kier molecular flexibility index (Phi) is 5.05. The van der Waals surface area contributed by atoms with Gasteiger partial charge in [-0.25, -0.2) is 4.39 Å². The molecule has 1 N–H and O–H groups in total. The predicted molar refractivity (Wildman–Crippen MR) is 92.9 cm³/mol. The molecule has 0 radical (unpaired) electrons. The highest BCUT2D eigenvalue weighted by atomic mass is 19.1. The number of amides is 1. The van der Waals surface area contributed by atoms with E-state index in [0.29, 0.717) is 0 Å². The van der Waals surface area contributed by atoms with Gasteiger partial charge in [-0.05, 0) is 30.8 Å². The van der Waals surface area contributed by atoms with Crippen LogP contribution in [0.1, 0.15) is 17.4 Å². The number of hydrogen-bond donors (Lipinski definition) is 1. The van der Waals surface area contributed by atoms with Gasteiger partial charge in [0.2, 0.25) is 0 Å². The first-order valence-electron chi connectivity index (χ1n) is 8.16. The molecule has 1 aliphatic rings. The molecular weight excluding hydrogens is 307 g/mol. The average molecular weight is 328 g/mol. The number of anilines is 2. The molecular formula is C18H21FN4O. The van der Waals surface area contributed by atoms with Crippen LogP contribution >= 0.6 is 0 Å². The molecule has 0 spiro atoms. The molecule has 5 nitrogen and oxygen atoms in total. The van der Waals surface area contributed by atoms with Crippen molar-refractivity contribution in [2.45, 2.75) is 6.92 Å². The van der Waals surface area contributed by atoms with Gasteiger partial charge in [0.25, 0.3) is 5.91 Å². The summed E-state index contributed by atoms with van der Waals surface area (Å²) in [4.78, 5) is 21.1. The minimum absolute atomic E-state index is 0.159. The zero-order valence-electron chi connectivity index (χ0n) is 13.7. The van der Waals surface area contributed by atoms with E-state index in [-0.39, 0.29) is 11.4 Å². The van der Waals surface area contributed by atoms with Gasteiger partial charge in [0.15, 0.2) is 0 Å². The molecule has 0 unspecified atom stereocenters. The monoisotopic (exact) mass is 328 g/mol. The van der Waals surface area contributed by atoms with Crippen LogP contribution < -0.4 is 10.2 Å². The summed E-state index contributed by atoms with van der Waals surface area (Å²) in [6.45, 7) is 7.08. The van der Waals surface area contributed by atoms with Gasteiger partial charge in [-0.2, -0.15) is 0 Å². The lowest BCUT2D eigenvalue weighted by Crippen LogP contribution is -2.46. The van der Waals surface area contributed by atoms with Crippen molar-refractivity contribution >= 4 is 17.3 Å². The van der Waals surface area contributed by atoms with E-state index in [1.807, 2.05) is 6.07 Å². The molecule has 1 fully saturated rings. The zero-order valence-corrected chi connectivity index (χ0v) is 13.7. The summed E-state index contributed by atoms with van der Waals surface area (Å²) >= 11 is 0. The normalized spacial score (nSPS) is 15.3. The standard InChI is InChI=1S/C18H21FN4O/c1-2-22-9-11-23(12-10-22)14-7-8-20-17(13-14)18(24)21-16-6-4-3-5-15(16)19/h3-8,13H,2,9-12H2,1H3,(H,21,24). The average Bonchev–Trinajstić information content (AvgIpc) is 2.64. The van der Waals surface area contributed by atoms with Gasteiger partial charge >= 0.3 is 0 Å². The van der Waals surface area contributed by atoms with E-state index < -0.39 is 11.7 Å². The number of aromatic nitrogens is 1. The van der Waals surface area contributed by atoms with Gasteiger partial charge in [-0.1, -0.05) is 19.1 Å². The lowest BCUT2D eigenvalue weighted by Gasteiger charge is -2.35. The number of carbonyl (C=O) groups is 1. The summed E-state index contributed by atoms with van der Waals surface area (Å²) < 4.78 is 13.7. The lowest BCUT2D eigenvalue weighted by atomic mass is 10.2. The number of halogens is 1. The van der Waals surface area contributed by atoms with Gasteiger partial charge in [0.1, 0.15) is 11.5 Å². The van der Waals surface area contributed by atoms with Crippen molar-refractivity contribution in [2.24, 2.45) is 0 Å². The highest BCUT2D eigenvalue weighted by molar-refractivity contribution is 6.03. The van der Waals surface area contributed by atoms with Crippen molar-refractivity contribution in [1.82, 2.24) is 9.88 Å². The molecule has 0 aliphatic carbocycles. The van der Waals surface area contributed by atoms with Crippen molar-refractivity contribution in [3.63, 3.8) is 0 Å². The third-order valence-electron chi connectivity index (χ3n) is 4.28. The molecule has 1 saturated heterocycles. The van der Waals surface area contributed by atoms with Crippen LogP contribution in [0.25, 0.3) is 0 Å². The van der Waals surface area contributed by atoms with E-state index in [4.69, 9.17) is 0 Å². The summed E-state index contributed by atoms with van der Waals surface area (Å²) in [6, 6.07) is 9.77. The maximum absolute atomic E-state index is 13.7. The minimum Gasteiger partial charge on any atom is -0.369 e. The Morgan fingerprint density at radius 2 is 1.96 bits per heavy atom. The molecule has 1 amide bonds. The van der Waals surface area contributed by atoms with Crippen molar-refractivity contribution in [3.8, 4) is 0 Å². The van der Waals surface area contributed by atoms with E-state index in [0.717, 1.165) is 38.4 Å². The third kappa shape index (κ3) is 3.71. The van der Waals surface area contributed by atoms with E-state index in [9.17, 15) is 9.18 Å². The molecule has 0 bridgehead atoms. The van der Waals surface area contributed by atoms with Crippen molar-refractivity contribution in [1.29, 1.82) is 0 Å². The molecule has 2 aromatic rings. The van der Waals surface area contributed by atoms with Crippen LogP contribution in [0.3, 0.4) is 0 Å². The molecule has 2 heterocycles. The Balaban J connectivity index is 1.71. The van der Waals surface area contributed by atoms with Crippen LogP contribution in [0.15, 0.2) is 42.6 Å². The highest BCUT2D eigenvalue weighted by Gasteiger charge is 2.17. The SMILES string of the molecule is CCN1CCN(c2ccnc(C(=O)Nc3ccccc3F)c2)CC1. The Morgan fingerprint density at radius 1 is 1.21 bits per heavy atom. The van der Waals surface area contributed by atoms with Gasteiger partial charge in [0.05, 0.1) is 5.69 Å². The number of para-hydroxylation sites is 1. The summed E-state index contributed by atoms with van der Waals surface area (Å²) in [6.07, 6.45) is 1.62. The number of likely N-dealkylation sites (N-methyl/N-ethyl adjacent to an activating group) is 1. The van der Waals surface area contributed by atoms with Gasteiger partial charge in [-0.3, -0.25) is 9.78 Å². The van der Waals surface area contributed by atoms with Gasteiger partial charge < -0.3 is 15.1 Å². The Bertz CT molecular complexity index is 714. The smallest absolute Gasteiger partial charge is 0.274 e. The van der Waals surface area contributed by atoms with Crippen LogP contribution in [0.5, 0.6) is 0 Å². The molecule has 126 valence electrons. The summed E-state index contributed by atoms with van der Waals surface area (Å²) in [5, 5.41) is 2.57. The Hall–Kier alpha value is -2.47. The molecule has 3 rings (SSSR count). The van der Waals surface area contributed by atoms with Crippen molar-refractivity contribution in [3.05, 3.63) is 54.1 Å².